The molecule has 0 saturated carbocycles. The Bertz CT molecular complexity index is 473. The summed E-state index contributed by atoms with van der Waals surface area (Å²) in [5, 5.41) is 7.43. The van der Waals surface area contributed by atoms with Gasteiger partial charge in [0.25, 0.3) is 0 Å². The van der Waals surface area contributed by atoms with Gasteiger partial charge in [0.1, 0.15) is 5.75 Å². The van der Waals surface area contributed by atoms with Crippen LogP contribution >= 0.6 is 11.5 Å². The summed E-state index contributed by atoms with van der Waals surface area (Å²) in [7, 11) is 1.68. The van der Waals surface area contributed by atoms with E-state index in [-0.39, 0.29) is 6.04 Å². The zero-order valence-corrected chi connectivity index (χ0v) is 11.4. The van der Waals surface area contributed by atoms with Crippen LogP contribution in [0.5, 0.6) is 5.75 Å². The lowest BCUT2D eigenvalue weighted by molar-refractivity contribution is 0.413. The Hall–Kier alpha value is -1.46. The topological polar surface area (TPSA) is 47.0 Å². The predicted molar refractivity (Wildman–Crippen MR) is 73.0 cm³/mol. The van der Waals surface area contributed by atoms with Gasteiger partial charge in [-0.05, 0) is 42.2 Å². The summed E-state index contributed by atoms with van der Waals surface area (Å²) >= 11 is 1.43. The third-order valence-corrected chi connectivity index (χ3v) is 3.42. The molecule has 1 N–H and O–H groups in total. The number of rotatable bonds is 6. The van der Waals surface area contributed by atoms with Crippen molar-refractivity contribution < 1.29 is 4.74 Å². The summed E-state index contributed by atoms with van der Waals surface area (Å²) in [5.74, 6) is 0.869. The Morgan fingerprint density at radius 1 is 1.44 bits per heavy atom. The number of aromatic nitrogens is 2. The van der Waals surface area contributed by atoms with E-state index >= 15 is 0 Å². The highest BCUT2D eigenvalue weighted by atomic mass is 32.1. The molecule has 1 heterocycles. The van der Waals surface area contributed by atoms with Gasteiger partial charge in [-0.3, -0.25) is 0 Å². The second-order valence-corrected chi connectivity index (χ2v) is 4.80. The molecule has 1 atom stereocenters. The zero-order chi connectivity index (χ0) is 12.8. The molecule has 18 heavy (non-hydrogen) atoms. The molecular formula is C13H17N3OS. The van der Waals surface area contributed by atoms with Crippen LogP contribution in [0.1, 0.15) is 29.8 Å². The Kier molecular flexibility index (Phi) is 4.66. The van der Waals surface area contributed by atoms with E-state index in [4.69, 9.17) is 4.74 Å². The van der Waals surface area contributed by atoms with E-state index < -0.39 is 0 Å². The monoisotopic (exact) mass is 263 g/mol. The summed E-state index contributed by atoms with van der Waals surface area (Å²) in [4.78, 5) is 1.12. The number of benzene rings is 1. The van der Waals surface area contributed by atoms with E-state index in [0.29, 0.717) is 0 Å². The summed E-state index contributed by atoms with van der Waals surface area (Å²) < 4.78 is 9.21. The molecule has 0 bridgehead atoms. The van der Waals surface area contributed by atoms with Gasteiger partial charge in [-0.2, -0.15) is 0 Å². The highest BCUT2D eigenvalue weighted by Gasteiger charge is 2.16. The number of ether oxygens (including phenoxy) is 1. The van der Waals surface area contributed by atoms with Crippen LogP contribution in [0.2, 0.25) is 0 Å². The lowest BCUT2D eigenvalue weighted by Gasteiger charge is -2.17. The minimum atomic E-state index is 0.139. The second-order valence-electron chi connectivity index (χ2n) is 3.98. The van der Waals surface area contributed by atoms with Crippen molar-refractivity contribution in [2.75, 3.05) is 13.7 Å². The Labute approximate surface area is 111 Å². The first-order chi connectivity index (χ1) is 8.85. The van der Waals surface area contributed by atoms with Gasteiger partial charge in [-0.1, -0.05) is 23.5 Å². The van der Waals surface area contributed by atoms with E-state index in [0.717, 1.165) is 23.6 Å². The molecule has 0 aliphatic carbocycles. The molecule has 0 radical (unpaired) electrons. The maximum atomic E-state index is 5.27. The summed E-state index contributed by atoms with van der Waals surface area (Å²) in [6, 6.07) is 8.23. The van der Waals surface area contributed by atoms with Crippen molar-refractivity contribution in [3.8, 4) is 5.75 Å². The van der Waals surface area contributed by atoms with Crippen LogP contribution in [0.4, 0.5) is 0 Å². The maximum Gasteiger partial charge on any atom is 0.119 e. The van der Waals surface area contributed by atoms with E-state index in [1.807, 2.05) is 24.4 Å². The highest BCUT2D eigenvalue weighted by Crippen LogP contribution is 2.26. The van der Waals surface area contributed by atoms with Crippen molar-refractivity contribution >= 4 is 11.5 Å². The van der Waals surface area contributed by atoms with E-state index in [1.54, 1.807) is 7.11 Å². The van der Waals surface area contributed by atoms with Crippen molar-refractivity contribution in [3.05, 3.63) is 40.9 Å². The van der Waals surface area contributed by atoms with Gasteiger partial charge in [0.15, 0.2) is 0 Å². The van der Waals surface area contributed by atoms with Gasteiger partial charge >= 0.3 is 0 Å². The van der Waals surface area contributed by atoms with E-state index in [9.17, 15) is 0 Å². The van der Waals surface area contributed by atoms with Crippen LogP contribution in [0.15, 0.2) is 30.5 Å². The first-order valence-corrected chi connectivity index (χ1v) is 6.77. The van der Waals surface area contributed by atoms with Crippen LogP contribution < -0.4 is 10.1 Å². The third-order valence-electron chi connectivity index (χ3n) is 2.69. The molecule has 1 aromatic heterocycles. The van der Waals surface area contributed by atoms with Crippen molar-refractivity contribution in [2.24, 2.45) is 0 Å². The van der Waals surface area contributed by atoms with Gasteiger partial charge in [0.05, 0.1) is 24.2 Å². The standard InChI is InChI=1S/C13H17N3OS/c1-3-7-14-13(12-9-15-16-18-12)10-5-4-6-11(8-10)17-2/h4-6,8-9,13-14H,3,7H2,1-2H3. The summed E-state index contributed by atoms with van der Waals surface area (Å²) in [5.41, 5.74) is 1.17. The Balaban J connectivity index is 2.27. The van der Waals surface area contributed by atoms with Gasteiger partial charge in [-0.25, -0.2) is 0 Å². The number of nitrogens with one attached hydrogen (secondary N) is 1. The smallest absolute Gasteiger partial charge is 0.119 e. The van der Waals surface area contributed by atoms with Gasteiger partial charge in [0.2, 0.25) is 0 Å². The minimum Gasteiger partial charge on any atom is -0.497 e. The average molecular weight is 263 g/mol. The number of hydrogen-bond acceptors (Lipinski definition) is 5. The number of nitrogens with zero attached hydrogens (tertiary/aromatic N) is 2. The molecule has 96 valence electrons. The zero-order valence-electron chi connectivity index (χ0n) is 10.6. The highest BCUT2D eigenvalue weighted by molar-refractivity contribution is 7.05. The summed E-state index contributed by atoms with van der Waals surface area (Å²) in [6.45, 7) is 3.11. The van der Waals surface area contributed by atoms with Gasteiger partial charge < -0.3 is 10.1 Å². The molecule has 0 aliphatic rings. The maximum absolute atomic E-state index is 5.27. The quantitative estimate of drug-likeness (QED) is 0.870. The first kappa shape index (κ1) is 13.0. The van der Waals surface area contributed by atoms with Crippen molar-refractivity contribution in [1.82, 2.24) is 14.9 Å². The molecule has 4 nitrogen and oxygen atoms in total. The fourth-order valence-electron chi connectivity index (χ4n) is 1.79. The average Bonchev–Trinajstić information content (AvgIpc) is 2.93. The number of hydrogen-bond donors (Lipinski definition) is 1. The van der Waals surface area contributed by atoms with Gasteiger partial charge in [-0.15, -0.1) is 5.10 Å². The predicted octanol–water partition coefficient (Wildman–Crippen LogP) is 2.64. The molecule has 2 rings (SSSR count). The van der Waals surface area contributed by atoms with Crippen molar-refractivity contribution in [1.29, 1.82) is 0 Å². The molecular weight excluding hydrogens is 246 g/mol. The second kappa shape index (κ2) is 6.47. The molecule has 0 fully saturated rings. The third kappa shape index (κ3) is 3.05. The molecule has 1 aromatic carbocycles. The van der Waals surface area contributed by atoms with Crippen LogP contribution in [-0.4, -0.2) is 23.2 Å². The van der Waals surface area contributed by atoms with E-state index in [1.165, 1.54) is 17.1 Å². The largest absolute Gasteiger partial charge is 0.497 e. The molecule has 0 spiro atoms. The number of methoxy groups -OCH3 is 1. The van der Waals surface area contributed by atoms with Crippen LogP contribution in [0.25, 0.3) is 0 Å². The normalized spacial score (nSPS) is 12.3. The van der Waals surface area contributed by atoms with Crippen LogP contribution in [0, 0.1) is 0 Å². The molecule has 2 aromatic rings. The Morgan fingerprint density at radius 2 is 2.33 bits per heavy atom. The Morgan fingerprint density at radius 3 is 3.00 bits per heavy atom. The van der Waals surface area contributed by atoms with Crippen LogP contribution in [-0.2, 0) is 0 Å². The minimum absolute atomic E-state index is 0.139. The first-order valence-electron chi connectivity index (χ1n) is 5.99. The van der Waals surface area contributed by atoms with Crippen molar-refractivity contribution in [2.45, 2.75) is 19.4 Å². The van der Waals surface area contributed by atoms with Crippen LogP contribution in [0.3, 0.4) is 0 Å². The molecule has 1 unspecified atom stereocenters. The fourth-order valence-corrected chi connectivity index (χ4v) is 2.40. The fraction of sp³-hybridized carbons (Fsp3) is 0.385. The molecule has 0 amide bonds. The van der Waals surface area contributed by atoms with E-state index in [2.05, 4.69) is 27.9 Å². The van der Waals surface area contributed by atoms with Gasteiger partial charge in [0, 0.05) is 0 Å². The summed E-state index contributed by atoms with van der Waals surface area (Å²) in [6.07, 6.45) is 2.91. The molecule has 0 aliphatic heterocycles. The molecule has 0 saturated heterocycles. The lowest BCUT2D eigenvalue weighted by atomic mass is 10.1. The SMILES string of the molecule is CCCNC(c1cccc(OC)c1)c1cnns1. The lowest BCUT2D eigenvalue weighted by Crippen LogP contribution is -2.22. The molecule has 5 heteroatoms. The van der Waals surface area contributed by atoms with Crippen molar-refractivity contribution in [3.63, 3.8) is 0 Å².